The van der Waals surface area contributed by atoms with Crippen LogP contribution in [0.4, 0.5) is 8.78 Å². The first-order valence-corrected chi connectivity index (χ1v) is 6.72. The van der Waals surface area contributed by atoms with Crippen LogP contribution in [0.3, 0.4) is 0 Å². The monoisotopic (exact) mass is 301 g/mol. The average molecular weight is 301 g/mol. The molecular formula is C9H11F2O7S-. The second kappa shape index (κ2) is 5.78. The van der Waals surface area contributed by atoms with Gasteiger partial charge in [0, 0.05) is 0 Å². The van der Waals surface area contributed by atoms with Gasteiger partial charge in [-0.05, 0) is 19.3 Å². The van der Waals surface area contributed by atoms with Crippen LogP contribution in [0, 0.1) is 5.92 Å². The number of carbonyl (C=O) groups excluding carboxylic acids is 2. The standard InChI is InChI=1S/C9H12F2O7S/c10-9(11,19(14,15)16)5-18-8(13)6-3-1-2-4-17-7(6)12/h6H,1-5H2,(H,14,15,16)/p-1. The number of rotatable bonds is 4. The van der Waals surface area contributed by atoms with E-state index in [-0.39, 0.29) is 13.0 Å². The van der Waals surface area contributed by atoms with E-state index in [1.54, 1.807) is 0 Å². The fourth-order valence-corrected chi connectivity index (χ4v) is 1.59. The second-order valence-electron chi connectivity index (χ2n) is 3.92. The lowest BCUT2D eigenvalue weighted by atomic mass is 10.0. The molecule has 0 radical (unpaired) electrons. The summed E-state index contributed by atoms with van der Waals surface area (Å²) in [6, 6.07) is 0. The van der Waals surface area contributed by atoms with Crippen molar-refractivity contribution < 1.29 is 40.8 Å². The Hall–Kier alpha value is -1.29. The Morgan fingerprint density at radius 1 is 1.47 bits per heavy atom. The third-order valence-corrected chi connectivity index (χ3v) is 3.30. The van der Waals surface area contributed by atoms with Gasteiger partial charge in [0.15, 0.2) is 22.6 Å². The molecule has 1 aliphatic heterocycles. The van der Waals surface area contributed by atoms with Crippen molar-refractivity contribution in [1.29, 1.82) is 0 Å². The van der Waals surface area contributed by atoms with Crippen molar-refractivity contribution in [3.63, 3.8) is 0 Å². The predicted octanol–water partition coefficient (Wildman–Crippen LogP) is 0.0109. The van der Waals surface area contributed by atoms with Crippen molar-refractivity contribution in [3.05, 3.63) is 0 Å². The normalized spacial score (nSPS) is 21.4. The number of cyclic esters (lactones) is 1. The molecule has 1 aliphatic rings. The van der Waals surface area contributed by atoms with Gasteiger partial charge < -0.3 is 14.0 Å². The van der Waals surface area contributed by atoms with Crippen LogP contribution >= 0.6 is 0 Å². The summed E-state index contributed by atoms with van der Waals surface area (Å²) in [5.41, 5.74) is 0. The Labute approximate surface area is 107 Å². The number of hydrogen-bond donors (Lipinski definition) is 0. The van der Waals surface area contributed by atoms with E-state index in [2.05, 4.69) is 9.47 Å². The van der Waals surface area contributed by atoms with E-state index in [4.69, 9.17) is 0 Å². The number of alkyl halides is 2. The summed E-state index contributed by atoms with van der Waals surface area (Å²) in [6.45, 7) is -1.80. The second-order valence-corrected chi connectivity index (χ2v) is 5.42. The zero-order chi connectivity index (χ0) is 14.7. The van der Waals surface area contributed by atoms with Crippen LogP contribution < -0.4 is 0 Å². The van der Waals surface area contributed by atoms with Crippen molar-refractivity contribution >= 4 is 22.1 Å². The highest BCUT2D eigenvalue weighted by Crippen LogP contribution is 2.22. The van der Waals surface area contributed by atoms with Crippen molar-refractivity contribution in [2.75, 3.05) is 13.2 Å². The average Bonchev–Trinajstić information content (AvgIpc) is 2.49. The third-order valence-electron chi connectivity index (χ3n) is 2.45. The van der Waals surface area contributed by atoms with E-state index in [9.17, 15) is 31.3 Å². The lowest BCUT2D eigenvalue weighted by Crippen LogP contribution is -2.37. The minimum absolute atomic E-state index is 0.0629. The Balaban J connectivity index is 2.62. The number of carbonyl (C=O) groups is 2. The summed E-state index contributed by atoms with van der Waals surface area (Å²) >= 11 is 0. The lowest BCUT2D eigenvalue weighted by molar-refractivity contribution is -0.164. The molecule has 0 N–H and O–H groups in total. The molecule has 0 spiro atoms. The quantitative estimate of drug-likeness (QED) is 0.408. The number of esters is 2. The third kappa shape index (κ3) is 4.10. The van der Waals surface area contributed by atoms with E-state index < -0.39 is 39.8 Å². The highest BCUT2D eigenvalue weighted by Gasteiger charge is 2.41. The molecule has 0 bridgehead atoms. The highest BCUT2D eigenvalue weighted by molar-refractivity contribution is 7.86. The summed E-state index contributed by atoms with van der Waals surface area (Å²) in [7, 11) is -5.93. The van der Waals surface area contributed by atoms with Crippen LogP contribution in [0.15, 0.2) is 0 Å². The van der Waals surface area contributed by atoms with Crippen LogP contribution in [0.2, 0.25) is 0 Å². The first-order valence-electron chi connectivity index (χ1n) is 5.32. The Morgan fingerprint density at radius 3 is 2.68 bits per heavy atom. The van der Waals surface area contributed by atoms with Gasteiger partial charge in [0.25, 0.3) is 0 Å². The molecule has 1 fully saturated rings. The summed E-state index contributed by atoms with van der Waals surface area (Å²) < 4.78 is 64.7. The Bertz CT molecular complexity index is 459. The predicted molar refractivity (Wildman–Crippen MR) is 53.9 cm³/mol. The van der Waals surface area contributed by atoms with Crippen LogP contribution in [-0.2, 0) is 29.2 Å². The van der Waals surface area contributed by atoms with Gasteiger partial charge in [0.05, 0.1) is 6.61 Å². The van der Waals surface area contributed by atoms with Crippen molar-refractivity contribution in [3.8, 4) is 0 Å². The van der Waals surface area contributed by atoms with E-state index >= 15 is 0 Å². The smallest absolute Gasteiger partial charge is 0.367 e. The summed E-state index contributed by atoms with van der Waals surface area (Å²) in [5.74, 6) is -3.60. The van der Waals surface area contributed by atoms with Crippen LogP contribution in [0.1, 0.15) is 19.3 Å². The van der Waals surface area contributed by atoms with Crippen molar-refractivity contribution in [1.82, 2.24) is 0 Å². The molecule has 1 heterocycles. The molecule has 1 rings (SSSR count). The highest BCUT2D eigenvalue weighted by atomic mass is 32.2. The molecule has 1 saturated heterocycles. The van der Waals surface area contributed by atoms with Gasteiger partial charge >= 0.3 is 17.2 Å². The van der Waals surface area contributed by atoms with Crippen molar-refractivity contribution in [2.24, 2.45) is 5.92 Å². The molecule has 110 valence electrons. The van der Waals surface area contributed by atoms with Gasteiger partial charge in [-0.25, -0.2) is 8.42 Å². The number of ether oxygens (including phenoxy) is 2. The molecule has 0 aromatic heterocycles. The largest absolute Gasteiger partial charge is 0.743 e. The molecule has 10 heteroatoms. The zero-order valence-electron chi connectivity index (χ0n) is 9.63. The number of hydrogen-bond acceptors (Lipinski definition) is 7. The fourth-order valence-electron chi connectivity index (χ4n) is 1.38. The van der Waals surface area contributed by atoms with Crippen molar-refractivity contribution in [2.45, 2.75) is 24.5 Å². The van der Waals surface area contributed by atoms with Gasteiger partial charge in [-0.1, -0.05) is 0 Å². The minimum atomic E-state index is -5.93. The summed E-state index contributed by atoms with van der Waals surface area (Å²) in [4.78, 5) is 22.7. The number of halogens is 2. The van der Waals surface area contributed by atoms with E-state index in [0.29, 0.717) is 12.8 Å². The zero-order valence-corrected chi connectivity index (χ0v) is 10.5. The first-order chi connectivity index (χ1) is 8.65. The molecule has 0 aliphatic carbocycles. The van der Waals surface area contributed by atoms with E-state index in [1.807, 2.05) is 0 Å². The molecule has 0 amide bonds. The van der Waals surface area contributed by atoms with E-state index in [1.165, 1.54) is 0 Å². The maximum Gasteiger partial charge on any atom is 0.367 e. The fraction of sp³-hybridized carbons (Fsp3) is 0.778. The Morgan fingerprint density at radius 2 is 2.11 bits per heavy atom. The molecule has 0 aromatic carbocycles. The minimum Gasteiger partial charge on any atom is -0.743 e. The maximum atomic E-state index is 12.7. The molecule has 19 heavy (non-hydrogen) atoms. The Kier molecular flexibility index (Phi) is 4.80. The molecule has 0 saturated carbocycles. The molecule has 1 atom stereocenters. The van der Waals surface area contributed by atoms with Crippen LogP contribution in [0.5, 0.6) is 0 Å². The first kappa shape index (κ1) is 15.8. The van der Waals surface area contributed by atoms with Gasteiger partial charge in [0.1, 0.15) is 0 Å². The van der Waals surface area contributed by atoms with Crippen LogP contribution in [-0.4, -0.2) is 43.4 Å². The van der Waals surface area contributed by atoms with Crippen LogP contribution in [0.25, 0.3) is 0 Å². The van der Waals surface area contributed by atoms with Gasteiger partial charge in [-0.15, -0.1) is 0 Å². The van der Waals surface area contributed by atoms with Gasteiger partial charge in [-0.2, -0.15) is 8.78 Å². The van der Waals surface area contributed by atoms with Gasteiger partial charge in [0.2, 0.25) is 0 Å². The molecule has 0 aromatic rings. The molecule has 1 unspecified atom stereocenters. The lowest BCUT2D eigenvalue weighted by Gasteiger charge is -2.20. The maximum absolute atomic E-state index is 12.7. The van der Waals surface area contributed by atoms with E-state index in [0.717, 1.165) is 0 Å². The SMILES string of the molecule is O=C1OCCCCC1C(=O)OCC(F)(F)S(=O)(=O)[O-]. The summed E-state index contributed by atoms with van der Waals surface area (Å²) in [6.07, 6.45) is 1.05. The molecular weight excluding hydrogens is 290 g/mol. The van der Waals surface area contributed by atoms with Gasteiger partial charge in [-0.3, -0.25) is 9.59 Å². The topological polar surface area (TPSA) is 110 Å². The summed E-state index contributed by atoms with van der Waals surface area (Å²) in [5, 5.41) is -4.72. The molecule has 7 nitrogen and oxygen atoms in total.